The van der Waals surface area contributed by atoms with Gasteiger partial charge in [-0.1, -0.05) is 6.92 Å². The Bertz CT molecular complexity index is 762. The van der Waals surface area contributed by atoms with Crippen LogP contribution in [0.2, 0.25) is 0 Å². The van der Waals surface area contributed by atoms with Crippen molar-refractivity contribution in [3.8, 4) is 23.0 Å². The van der Waals surface area contributed by atoms with Crippen LogP contribution >= 0.6 is 0 Å². The van der Waals surface area contributed by atoms with Crippen molar-refractivity contribution in [2.24, 2.45) is 5.10 Å². The second-order valence-electron chi connectivity index (χ2n) is 5.53. The van der Waals surface area contributed by atoms with Gasteiger partial charge in [0.2, 0.25) is 5.75 Å². The molecule has 1 amide bonds. The van der Waals surface area contributed by atoms with Gasteiger partial charge in [0.05, 0.1) is 34.2 Å². The van der Waals surface area contributed by atoms with Crippen molar-refractivity contribution >= 4 is 12.1 Å². The Balaban J connectivity index is 2.05. The average molecular weight is 372 g/mol. The first-order chi connectivity index (χ1) is 13.1. The predicted octanol–water partition coefficient (Wildman–Crippen LogP) is 3.27. The summed E-state index contributed by atoms with van der Waals surface area (Å²) in [5, 5.41) is 3.99. The number of benzene rings is 2. The maximum atomic E-state index is 12.3. The van der Waals surface area contributed by atoms with Gasteiger partial charge in [-0.15, -0.1) is 0 Å². The van der Waals surface area contributed by atoms with Gasteiger partial charge in [0.1, 0.15) is 5.75 Å². The Labute approximate surface area is 158 Å². The molecule has 0 saturated carbocycles. The summed E-state index contributed by atoms with van der Waals surface area (Å²) in [7, 11) is 4.49. The van der Waals surface area contributed by atoms with Crippen molar-refractivity contribution in [1.29, 1.82) is 0 Å². The van der Waals surface area contributed by atoms with Crippen LogP contribution in [0.25, 0.3) is 0 Å². The predicted molar refractivity (Wildman–Crippen MR) is 103 cm³/mol. The van der Waals surface area contributed by atoms with Crippen LogP contribution in [0.4, 0.5) is 0 Å². The fraction of sp³-hybridized carbons (Fsp3) is 0.300. The molecule has 0 saturated heterocycles. The highest BCUT2D eigenvalue weighted by molar-refractivity contribution is 5.96. The highest BCUT2D eigenvalue weighted by Gasteiger charge is 2.16. The van der Waals surface area contributed by atoms with Gasteiger partial charge >= 0.3 is 0 Å². The first-order valence-electron chi connectivity index (χ1n) is 8.49. The quantitative estimate of drug-likeness (QED) is 0.540. The molecule has 0 heterocycles. The number of hydrogen-bond donors (Lipinski definition) is 1. The molecule has 2 aromatic carbocycles. The van der Waals surface area contributed by atoms with Crippen LogP contribution < -0.4 is 24.4 Å². The van der Waals surface area contributed by atoms with Crippen molar-refractivity contribution in [2.75, 3.05) is 27.9 Å². The smallest absolute Gasteiger partial charge is 0.271 e. The minimum atomic E-state index is -0.395. The Hall–Kier alpha value is -3.22. The lowest BCUT2D eigenvalue weighted by Crippen LogP contribution is -2.18. The molecule has 0 aromatic heterocycles. The maximum absolute atomic E-state index is 12.3. The van der Waals surface area contributed by atoms with Crippen LogP contribution in [0.1, 0.15) is 29.3 Å². The molecule has 1 N–H and O–H groups in total. The van der Waals surface area contributed by atoms with Crippen LogP contribution in [0.15, 0.2) is 41.5 Å². The Morgan fingerprint density at radius 3 is 2.19 bits per heavy atom. The summed E-state index contributed by atoms with van der Waals surface area (Å²) < 4.78 is 21.3. The molecule has 0 atom stereocenters. The van der Waals surface area contributed by atoms with E-state index in [-0.39, 0.29) is 0 Å². The summed E-state index contributed by atoms with van der Waals surface area (Å²) in [6, 6.07) is 10.6. The first-order valence-corrected chi connectivity index (χ1v) is 8.49. The van der Waals surface area contributed by atoms with Crippen LogP contribution in [0, 0.1) is 0 Å². The summed E-state index contributed by atoms with van der Waals surface area (Å²) in [5.41, 5.74) is 3.66. The molecule has 0 spiro atoms. The molecule has 0 radical (unpaired) electrons. The van der Waals surface area contributed by atoms with Crippen LogP contribution in [0.5, 0.6) is 23.0 Å². The van der Waals surface area contributed by atoms with E-state index in [9.17, 15) is 4.79 Å². The molecule has 0 fully saturated rings. The second kappa shape index (κ2) is 10.1. The zero-order valence-electron chi connectivity index (χ0n) is 15.9. The van der Waals surface area contributed by atoms with Gasteiger partial charge in [0.25, 0.3) is 5.91 Å². The van der Waals surface area contributed by atoms with Crippen molar-refractivity contribution in [1.82, 2.24) is 5.43 Å². The lowest BCUT2D eigenvalue weighted by molar-refractivity contribution is 0.0954. The van der Waals surface area contributed by atoms with E-state index in [2.05, 4.69) is 17.5 Å². The number of carbonyl (C=O) groups is 1. The molecule has 0 aliphatic carbocycles. The van der Waals surface area contributed by atoms with Crippen LogP contribution in [-0.4, -0.2) is 40.1 Å². The van der Waals surface area contributed by atoms with Gasteiger partial charge in [-0.3, -0.25) is 4.79 Å². The van der Waals surface area contributed by atoms with Crippen molar-refractivity contribution in [3.05, 3.63) is 47.5 Å². The molecular weight excluding hydrogens is 348 g/mol. The van der Waals surface area contributed by atoms with E-state index in [1.165, 1.54) is 21.3 Å². The molecule has 2 rings (SSSR count). The van der Waals surface area contributed by atoms with Crippen molar-refractivity contribution in [2.45, 2.75) is 13.3 Å². The molecule has 2 aromatic rings. The van der Waals surface area contributed by atoms with E-state index in [1.807, 2.05) is 24.3 Å². The lowest BCUT2D eigenvalue weighted by Gasteiger charge is -2.13. The number of carbonyl (C=O) groups excluding carboxylic acids is 1. The molecule has 27 heavy (non-hydrogen) atoms. The molecule has 7 heteroatoms. The van der Waals surface area contributed by atoms with Gasteiger partial charge in [0, 0.05) is 5.56 Å². The largest absolute Gasteiger partial charge is 0.494 e. The Kier molecular flexibility index (Phi) is 7.49. The fourth-order valence-electron chi connectivity index (χ4n) is 2.31. The van der Waals surface area contributed by atoms with E-state index < -0.39 is 5.91 Å². The number of methoxy groups -OCH3 is 3. The Morgan fingerprint density at radius 2 is 1.67 bits per heavy atom. The third kappa shape index (κ3) is 5.37. The summed E-state index contributed by atoms with van der Waals surface area (Å²) in [6.45, 7) is 2.73. The molecule has 0 unspecified atom stereocenters. The number of hydrazone groups is 1. The minimum Gasteiger partial charge on any atom is -0.494 e. The highest BCUT2D eigenvalue weighted by Crippen LogP contribution is 2.38. The van der Waals surface area contributed by atoms with E-state index in [1.54, 1.807) is 18.3 Å². The maximum Gasteiger partial charge on any atom is 0.271 e. The third-order valence-electron chi connectivity index (χ3n) is 3.66. The summed E-state index contributed by atoms with van der Waals surface area (Å²) in [4.78, 5) is 12.3. The topological polar surface area (TPSA) is 78.4 Å². The SMILES string of the molecule is CCCOc1ccc(/C=N/NC(=O)c2cc(OC)c(OC)c(OC)c2)cc1. The number of rotatable bonds is 9. The molecule has 7 nitrogen and oxygen atoms in total. The van der Waals surface area contributed by atoms with Gasteiger partial charge in [-0.05, 0) is 48.4 Å². The van der Waals surface area contributed by atoms with Gasteiger partial charge in [0.15, 0.2) is 11.5 Å². The first kappa shape index (κ1) is 20.1. The summed E-state index contributed by atoms with van der Waals surface area (Å²) in [6.07, 6.45) is 2.51. The molecule has 0 bridgehead atoms. The van der Waals surface area contributed by atoms with Gasteiger partial charge in [-0.2, -0.15) is 5.10 Å². The zero-order valence-corrected chi connectivity index (χ0v) is 15.9. The molecule has 0 aliphatic rings. The van der Waals surface area contributed by atoms with Crippen molar-refractivity contribution < 1.29 is 23.7 Å². The van der Waals surface area contributed by atoms with Gasteiger partial charge in [-0.25, -0.2) is 5.43 Å². The number of hydrogen-bond acceptors (Lipinski definition) is 6. The van der Waals surface area contributed by atoms with Gasteiger partial charge < -0.3 is 18.9 Å². The Morgan fingerprint density at radius 1 is 1.04 bits per heavy atom. The standard InChI is InChI=1S/C20H24N2O5/c1-5-10-27-16-8-6-14(7-9-16)13-21-22-20(23)15-11-17(24-2)19(26-4)18(12-15)25-3/h6-9,11-13H,5,10H2,1-4H3,(H,22,23)/b21-13+. The van der Waals surface area contributed by atoms with Crippen LogP contribution in [0.3, 0.4) is 0 Å². The molecule has 144 valence electrons. The number of amides is 1. The normalized spacial score (nSPS) is 10.5. The summed E-state index contributed by atoms with van der Waals surface area (Å²) >= 11 is 0. The highest BCUT2D eigenvalue weighted by atomic mass is 16.5. The minimum absolute atomic E-state index is 0.338. The zero-order chi connectivity index (χ0) is 19.6. The second-order valence-corrected chi connectivity index (χ2v) is 5.53. The monoisotopic (exact) mass is 372 g/mol. The third-order valence-corrected chi connectivity index (χ3v) is 3.66. The number of ether oxygens (including phenoxy) is 4. The fourth-order valence-corrected chi connectivity index (χ4v) is 2.31. The van der Waals surface area contributed by atoms with E-state index in [4.69, 9.17) is 18.9 Å². The van der Waals surface area contributed by atoms with E-state index >= 15 is 0 Å². The number of nitrogens with one attached hydrogen (secondary N) is 1. The lowest BCUT2D eigenvalue weighted by atomic mass is 10.1. The molecular formula is C20H24N2O5. The van der Waals surface area contributed by atoms with E-state index in [0.717, 1.165) is 17.7 Å². The molecule has 0 aliphatic heterocycles. The van der Waals surface area contributed by atoms with E-state index in [0.29, 0.717) is 29.4 Å². The summed E-state index contributed by atoms with van der Waals surface area (Å²) in [5.74, 6) is 1.62. The van der Waals surface area contributed by atoms with Crippen LogP contribution in [-0.2, 0) is 0 Å². The van der Waals surface area contributed by atoms with Crippen molar-refractivity contribution in [3.63, 3.8) is 0 Å². The number of nitrogens with zero attached hydrogens (tertiary/aromatic N) is 1. The average Bonchev–Trinajstić information content (AvgIpc) is 2.71.